The maximum Gasteiger partial charge on any atom is 0.326 e. The number of hydrogen-bond acceptors (Lipinski definition) is 2. The number of unbranched alkanes of at least 4 members (excludes halogenated alkanes) is 1. The average Bonchev–Trinajstić information content (AvgIpc) is 2.72. The minimum atomic E-state index is -0.972. The highest BCUT2D eigenvalue weighted by Gasteiger charge is 2.64. The first-order valence-electron chi connectivity index (χ1n) is 7.41. The van der Waals surface area contributed by atoms with Gasteiger partial charge in [0.1, 0.15) is 6.04 Å². The number of carboxylic acids is 1. The fraction of sp³-hybridized carbons (Fsp3) is 0.867. The molecule has 1 fully saturated rings. The zero-order valence-corrected chi connectivity index (χ0v) is 13.2. The second-order valence-electron chi connectivity index (χ2n) is 6.88. The van der Waals surface area contributed by atoms with E-state index in [-0.39, 0.29) is 16.9 Å². The van der Waals surface area contributed by atoms with Crippen molar-refractivity contribution in [3.05, 3.63) is 0 Å². The van der Waals surface area contributed by atoms with Crippen LogP contribution in [0.25, 0.3) is 0 Å². The average molecular weight is 284 g/mol. The second kappa shape index (κ2) is 6.02. The Morgan fingerprint density at radius 1 is 1.20 bits per heavy atom. The summed E-state index contributed by atoms with van der Waals surface area (Å²) < 4.78 is 0. The lowest BCUT2D eigenvalue weighted by Gasteiger charge is -2.15. The Hall–Kier alpha value is -1.26. The predicted molar refractivity (Wildman–Crippen MR) is 78.5 cm³/mol. The van der Waals surface area contributed by atoms with Crippen LogP contribution in [0.5, 0.6) is 0 Å². The van der Waals surface area contributed by atoms with Crippen LogP contribution < -0.4 is 10.6 Å². The van der Waals surface area contributed by atoms with Gasteiger partial charge >= 0.3 is 12.0 Å². The second-order valence-corrected chi connectivity index (χ2v) is 6.88. The van der Waals surface area contributed by atoms with Crippen molar-refractivity contribution < 1.29 is 14.7 Å². The first-order chi connectivity index (χ1) is 9.14. The van der Waals surface area contributed by atoms with Crippen molar-refractivity contribution in [1.29, 1.82) is 0 Å². The molecule has 1 aliphatic rings. The van der Waals surface area contributed by atoms with Gasteiger partial charge in [-0.15, -0.1) is 0 Å². The molecule has 5 nitrogen and oxygen atoms in total. The summed E-state index contributed by atoms with van der Waals surface area (Å²) in [6.45, 7) is 11.4. The van der Waals surface area contributed by atoms with E-state index in [0.29, 0.717) is 18.9 Å². The summed E-state index contributed by atoms with van der Waals surface area (Å²) in [6, 6.07) is -1.18. The lowest BCUT2D eigenvalue weighted by molar-refractivity contribution is -0.139. The highest BCUT2D eigenvalue weighted by Crippen LogP contribution is 2.67. The summed E-state index contributed by atoms with van der Waals surface area (Å²) in [4.78, 5) is 22.8. The van der Waals surface area contributed by atoms with Gasteiger partial charge in [-0.1, -0.05) is 47.5 Å². The molecule has 20 heavy (non-hydrogen) atoms. The molecule has 0 aliphatic heterocycles. The maximum atomic E-state index is 11.8. The zero-order chi connectivity index (χ0) is 15.6. The van der Waals surface area contributed by atoms with Crippen LogP contribution in [-0.4, -0.2) is 29.7 Å². The smallest absolute Gasteiger partial charge is 0.326 e. The molecular weight excluding hydrogens is 256 g/mol. The molecule has 0 heterocycles. The van der Waals surface area contributed by atoms with E-state index in [1.165, 1.54) is 0 Å². The molecule has 1 aliphatic carbocycles. The zero-order valence-electron chi connectivity index (χ0n) is 13.2. The van der Waals surface area contributed by atoms with Crippen molar-refractivity contribution in [2.24, 2.45) is 16.7 Å². The van der Waals surface area contributed by atoms with Gasteiger partial charge in [-0.3, -0.25) is 0 Å². The molecule has 0 aromatic heterocycles. The number of carbonyl (C=O) groups is 2. The number of urea groups is 1. The van der Waals surface area contributed by atoms with Gasteiger partial charge in [-0.25, -0.2) is 9.59 Å². The highest BCUT2D eigenvalue weighted by molar-refractivity contribution is 5.82. The largest absolute Gasteiger partial charge is 0.480 e. The Morgan fingerprint density at radius 2 is 1.75 bits per heavy atom. The van der Waals surface area contributed by atoms with Gasteiger partial charge in [0, 0.05) is 6.54 Å². The Balaban J connectivity index is 2.38. The van der Waals surface area contributed by atoms with Crippen LogP contribution >= 0.6 is 0 Å². The van der Waals surface area contributed by atoms with Crippen molar-refractivity contribution in [2.45, 2.75) is 59.9 Å². The first kappa shape index (κ1) is 16.8. The van der Waals surface area contributed by atoms with E-state index < -0.39 is 12.0 Å². The Bertz CT molecular complexity index is 363. The van der Waals surface area contributed by atoms with Gasteiger partial charge in [0.05, 0.1) is 0 Å². The van der Waals surface area contributed by atoms with Crippen LogP contribution in [0.3, 0.4) is 0 Å². The lowest BCUT2D eigenvalue weighted by atomic mass is 10.0. The quantitative estimate of drug-likeness (QED) is 0.672. The van der Waals surface area contributed by atoms with E-state index in [4.69, 9.17) is 5.11 Å². The number of carbonyl (C=O) groups excluding carboxylic acids is 1. The Morgan fingerprint density at radius 3 is 2.15 bits per heavy atom. The molecule has 0 radical (unpaired) electrons. The monoisotopic (exact) mass is 284 g/mol. The molecule has 0 aromatic rings. The fourth-order valence-corrected chi connectivity index (χ4v) is 2.91. The highest BCUT2D eigenvalue weighted by atomic mass is 16.4. The fourth-order valence-electron chi connectivity index (χ4n) is 2.91. The normalized spacial score (nSPS) is 21.1. The first-order valence-corrected chi connectivity index (χ1v) is 7.41. The SMILES string of the molecule is CCCCC(NC(=O)NCC1C(C)(C)C1(C)C)C(=O)O. The third-order valence-corrected chi connectivity index (χ3v) is 5.24. The Labute approximate surface area is 121 Å². The molecule has 1 unspecified atom stereocenters. The molecule has 3 N–H and O–H groups in total. The van der Waals surface area contributed by atoms with Gasteiger partial charge in [0.15, 0.2) is 0 Å². The topological polar surface area (TPSA) is 78.4 Å². The minimum Gasteiger partial charge on any atom is -0.480 e. The van der Waals surface area contributed by atoms with Gasteiger partial charge in [-0.05, 0) is 23.2 Å². The molecule has 0 saturated heterocycles. The van der Waals surface area contributed by atoms with Gasteiger partial charge in [0.25, 0.3) is 0 Å². The third kappa shape index (κ3) is 3.44. The molecule has 0 spiro atoms. The molecule has 1 rings (SSSR count). The van der Waals surface area contributed by atoms with Gasteiger partial charge < -0.3 is 15.7 Å². The van der Waals surface area contributed by atoms with Crippen molar-refractivity contribution in [1.82, 2.24) is 10.6 Å². The molecular formula is C15H28N2O3. The van der Waals surface area contributed by atoms with Crippen LogP contribution in [0, 0.1) is 16.7 Å². The van der Waals surface area contributed by atoms with E-state index in [0.717, 1.165) is 12.8 Å². The molecule has 1 atom stereocenters. The van der Waals surface area contributed by atoms with Gasteiger partial charge in [-0.2, -0.15) is 0 Å². The van der Waals surface area contributed by atoms with Crippen molar-refractivity contribution in [3.63, 3.8) is 0 Å². The van der Waals surface area contributed by atoms with Crippen LogP contribution in [0.4, 0.5) is 4.79 Å². The molecule has 1 saturated carbocycles. The third-order valence-electron chi connectivity index (χ3n) is 5.24. The van der Waals surface area contributed by atoms with Crippen LogP contribution in [-0.2, 0) is 4.79 Å². The van der Waals surface area contributed by atoms with Gasteiger partial charge in [0.2, 0.25) is 0 Å². The maximum absolute atomic E-state index is 11.8. The van der Waals surface area contributed by atoms with E-state index in [1.54, 1.807) is 0 Å². The van der Waals surface area contributed by atoms with Crippen molar-refractivity contribution in [3.8, 4) is 0 Å². The van der Waals surface area contributed by atoms with Crippen molar-refractivity contribution in [2.75, 3.05) is 6.54 Å². The summed E-state index contributed by atoms with van der Waals surface area (Å²) in [5.74, 6) is -0.541. The molecule has 116 valence electrons. The summed E-state index contributed by atoms with van der Waals surface area (Å²) >= 11 is 0. The van der Waals surface area contributed by atoms with E-state index in [1.807, 2.05) is 6.92 Å². The van der Waals surface area contributed by atoms with E-state index in [2.05, 4.69) is 38.3 Å². The van der Waals surface area contributed by atoms with Crippen LogP contribution in [0.2, 0.25) is 0 Å². The number of nitrogens with one attached hydrogen (secondary N) is 2. The number of hydrogen-bond donors (Lipinski definition) is 3. The summed E-state index contributed by atoms with van der Waals surface area (Å²) in [5, 5.41) is 14.4. The standard InChI is InChI=1S/C15H28N2O3/c1-6-7-8-10(12(18)19)17-13(20)16-9-11-14(2,3)15(11,4)5/h10-11H,6-9H2,1-5H3,(H,18,19)(H2,16,17,20). The predicted octanol–water partition coefficient (Wildman–Crippen LogP) is 2.61. The summed E-state index contributed by atoms with van der Waals surface area (Å²) in [6.07, 6.45) is 2.18. The van der Waals surface area contributed by atoms with Crippen LogP contribution in [0.1, 0.15) is 53.9 Å². The molecule has 0 aromatic carbocycles. The summed E-state index contributed by atoms with van der Waals surface area (Å²) in [5.41, 5.74) is 0.434. The lowest BCUT2D eigenvalue weighted by Crippen LogP contribution is -2.46. The number of carboxylic acid groups (broad SMARTS) is 1. The van der Waals surface area contributed by atoms with E-state index in [9.17, 15) is 9.59 Å². The van der Waals surface area contributed by atoms with E-state index >= 15 is 0 Å². The molecule has 5 heteroatoms. The number of amides is 2. The summed E-state index contributed by atoms with van der Waals surface area (Å²) in [7, 11) is 0. The molecule has 0 bridgehead atoms. The van der Waals surface area contributed by atoms with Crippen molar-refractivity contribution >= 4 is 12.0 Å². The Kier molecular flexibility index (Phi) is 5.05. The minimum absolute atomic E-state index is 0.217. The number of rotatable bonds is 7. The molecule has 2 amide bonds. The number of aliphatic carboxylic acids is 1. The van der Waals surface area contributed by atoms with Crippen LogP contribution in [0.15, 0.2) is 0 Å².